The van der Waals surface area contributed by atoms with Crippen molar-refractivity contribution in [3.63, 3.8) is 0 Å². The van der Waals surface area contributed by atoms with Crippen LogP contribution in [0.2, 0.25) is 0 Å². The van der Waals surface area contributed by atoms with Gasteiger partial charge in [-0.3, -0.25) is 0 Å². The van der Waals surface area contributed by atoms with Crippen LogP contribution in [-0.4, -0.2) is 36.2 Å². The van der Waals surface area contributed by atoms with E-state index in [1.165, 1.54) is 31.5 Å². The van der Waals surface area contributed by atoms with E-state index in [-0.39, 0.29) is 0 Å². The van der Waals surface area contributed by atoms with Crippen LogP contribution in [0.1, 0.15) is 31.2 Å². The molecule has 2 heterocycles. The summed E-state index contributed by atoms with van der Waals surface area (Å²) in [4.78, 5) is 2.60. The van der Waals surface area contributed by atoms with Crippen LogP contribution in [0.5, 0.6) is 0 Å². The normalized spacial score (nSPS) is 16.8. The lowest BCUT2D eigenvalue weighted by Gasteiger charge is -2.33. The lowest BCUT2D eigenvalue weighted by atomic mass is 9.89. The summed E-state index contributed by atoms with van der Waals surface area (Å²) in [7, 11) is 0. The average Bonchev–Trinajstić information content (AvgIpc) is 3.23. The molecule has 1 saturated heterocycles. The molecule has 1 N–H and O–H groups in total. The van der Waals surface area contributed by atoms with Crippen LogP contribution >= 0.6 is 0 Å². The second kappa shape index (κ2) is 9.07. The van der Waals surface area contributed by atoms with E-state index < -0.39 is 0 Å². The molecule has 1 aliphatic heterocycles. The molecule has 1 fully saturated rings. The van der Waals surface area contributed by atoms with Gasteiger partial charge < -0.3 is 14.7 Å². The first-order chi connectivity index (χ1) is 13.8. The fourth-order valence-electron chi connectivity index (χ4n) is 4.06. The monoisotopic (exact) mass is 375 g/mol. The second-order valence-corrected chi connectivity index (χ2v) is 7.91. The molecule has 0 spiro atoms. The largest absolute Gasteiger partial charge is 0.354 e. The lowest BCUT2D eigenvalue weighted by Crippen LogP contribution is -2.37. The van der Waals surface area contributed by atoms with Crippen molar-refractivity contribution < 1.29 is 4.52 Å². The first-order valence-corrected chi connectivity index (χ1v) is 10.3. The van der Waals surface area contributed by atoms with Gasteiger partial charge in [0.05, 0.1) is 0 Å². The number of nitrogens with one attached hydrogen (secondary N) is 1. The molecule has 0 amide bonds. The molecule has 28 heavy (non-hydrogen) atoms. The molecule has 0 aliphatic carbocycles. The number of likely N-dealkylation sites (tertiary alicyclic amines) is 1. The average molecular weight is 376 g/mol. The summed E-state index contributed by atoms with van der Waals surface area (Å²) in [5.41, 5.74) is 3.45. The minimum atomic E-state index is 0.554. The Kier molecular flexibility index (Phi) is 6.07. The third kappa shape index (κ3) is 4.82. The minimum Gasteiger partial charge on any atom is -0.354 e. The zero-order valence-corrected chi connectivity index (χ0v) is 16.6. The van der Waals surface area contributed by atoms with E-state index in [4.69, 9.17) is 4.52 Å². The third-order valence-corrected chi connectivity index (χ3v) is 5.63. The first-order valence-electron chi connectivity index (χ1n) is 10.3. The van der Waals surface area contributed by atoms with E-state index in [9.17, 15) is 0 Å². The van der Waals surface area contributed by atoms with E-state index in [0.29, 0.717) is 5.92 Å². The van der Waals surface area contributed by atoms with Crippen LogP contribution in [0.25, 0.3) is 11.3 Å². The maximum atomic E-state index is 5.45. The van der Waals surface area contributed by atoms with Crippen molar-refractivity contribution in [1.82, 2.24) is 10.1 Å². The third-order valence-electron chi connectivity index (χ3n) is 5.63. The highest BCUT2D eigenvalue weighted by molar-refractivity contribution is 5.61. The Morgan fingerprint density at radius 2 is 1.71 bits per heavy atom. The Bertz CT molecular complexity index is 839. The van der Waals surface area contributed by atoms with E-state index in [1.807, 2.05) is 36.4 Å². The van der Waals surface area contributed by atoms with Crippen LogP contribution in [0, 0.1) is 5.92 Å². The van der Waals surface area contributed by atoms with Crippen molar-refractivity contribution in [1.29, 1.82) is 0 Å². The quantitative estimate of drug-likeness (QED) is 0.611. The topological polar surface area (TPSA) is 41.3 Å². The highest BCUT2D eigenvalue weighted by atomic mass is 16.5. The predicted molar refractivity (Wildman–Crippen MR) is 114 cm³/mol. The smallest absolute Gasteiger partial charge is 0.225 e. The highest BCUT2D eigenvalue weighted by Crippen LogP contribution is 2.28. The molecule has 1 aliphatic rings. The van der Waals surface area contributed by atoms with Gasteiger partial charge in [0, 0.05) is 24.7 Å². The van der Waals surface area contributed by atoms with Crippen molar-refractivity contribution in [3.05, 3.63) is 72.3 Å². The number of rotatable bonds is 7. The number of aromatic nitrogens is 1. The second-order valence-electron chi connectivity index (χ2n) is 7.91. The summed E-state index contributed by atoms with van der Waals surface area (Å²) >= 11 is 0. The molecule has 0 radical (unpaired) electrons. The standard InChI is InChI=1S/C24H29N3O/c1-19(17-25-24-16-23(26-28-24)22-10-6-3-7-11-22)18-27-14-12-21(13-15-27)20-8-4-2-5-9-20/h2-11,16,19,21,25H,12-15,17-18H2,1H3. The van der Waals surface area contributed by atoms with Gasteiger partial charge in [-0.15, -0.1) is 0 Å². The highest BCUT2D eigenvalue weighted by Gasteiger charge is 2.21. The Morgan fingerprint density at radius 1 is 1.04 bits per heavy atom. The molecule has 146 valence electrons. The molecule has 4 heteroatoms. The molecule has 4 nitrogen and oxygen atoms in total. The van der Waals surface area contributed by atoms with Gasteiger partial charge in [-0.1, -0.05) is 72.7 Å². The van der Waals surface area contributed by atoms with Crippen LogP contribution in [0.3, 0.4) is 0 Å². The minimum absolute atomic E-state index is 0.554. The molecule has 4 rings (SSSR count). The number of benzene rings is 2. The fourth-order valence-corrected chi connectivity index (χ4v) is 4.06. The maximum absolute atomic E-state index is 5.45. The summed E-state index contributed by atoms with van der Waals surface area (Å²) in [6.07, 6.45) is 2.51. The van der Waals surface area contributed by atoms with Crippen LogP contribution in [-0.2, 0) is 0 Å². The SMILES string of the molecule is CC(CNc1cc(-c2ccccc2)no1)CN1CCC(c2ccccc2)CC1. The van der Waals surface area contributed by atoms with Gasteiger partial charge in [-0.05, 0) is 43.3 Å². The maximum Gasteiger partial charge on any atom is 0.225 e. The molecule has 1 aromatic heterocycles. The van der Waals surface area contributed by atoms with Crippen LogP contribution in [0.15, 0.2) is 71.3 Å². The van der Waals surface area contributed by atoms with E-state index in [1.54, 1.807) is 0 Å². The van der Waals surface area contributed by atoms with Gasteiger partial charge in [0.15, 0.2) is 0 Å². The number of piperidine rings is 1. The Morgan fingerprint density at radius 3 is 2.43 bits per heavy atom. The number of anilines is 1. The zero-order valence-electron chi connectivity index (χ0n) is 16.6. The Labute approximate surface area is 167 Å². The molecular weight excluding hydrogens is 346 g/mol. The summed E-state index contributed by atoms with van der Waals surface area (Å²) < 4.78 is 5.45. The summed E-state index contributed by atoms with van der Waals surface area (Å²) in [6.45, 7) is 6.68. The molecule has 2 aromatic carbocycles. The lowest BCUT2D eigenvalue weighted by molar-refractivity contribution is 0.190. The molecule has 0 saturated carbocycles. The van der Waals surface area contributed by atoms with Crippen molar-refractivity contribution in [2.75, 3.05) is 31.5 Å². The summed E-state index contributed by atoms with van der Waals surface area (Å²) in [6, 6.07) is 23.1. The van der Waals surface area contributed by atoms with Crippen molar-refractivity contribution in [2.45, 2.75) is 25.7 Å². The molecule has 3 aromatic rings. The van der Waals surface area contributed by atoms with Crippen molar-refractivity contribution >= 4 is 5.88 Å². The predicted octanol–water partition coefficient (Wildman–Crippen LogP) is 5.27. The zero-order chi connectivity index (χ0) is 19.2. The Balaban J connectivity index is 1.21. The van der Waals surface area contributed by atoms with Gasteiger partial charge >= 0.3 is 0 Å². The molecule has 1 unspecified atom stereocenters. The Hall–Kier alpha value is -2.59. The van der Waals surface area contributed by atoms with Gasteiger partial charge in [0.2, 0.25) is 5.88 Å². The molecular formula is C24H29N3O. The summed E-state index contributed by atoms with van der Waals surface area (Å²) in [5, 5.41) is 7.57. The van der Waals surface area contributed by atoms with Crippen LogP contribution in [0.4, 0.5) is 5.88 Å². The number of hydrogen-bond donors (Lipinski definition) is 1. The first kappa shape index (κ1) is 18.8. The molecule has 1 atom stereocenters. The van der Waals surface area contributed by atoms with Crippen molar-refractivity contribution in [3.8, 4) is 11.3 Å². The number of nitrogens with zero attached hydrogens (tertiary/aromatic N) is 2. The molecule has 0 bridgehead atoms. The summed E-state index contributed by atoms with van der Waals surface area (Å²) in [5.74, 6) is 2.02. The van der Waals surface area contributed by atoms with E-state index in [0.717, 1.165) is 36.1 Å². The number of hydrogen-bond acceptors (Lipinski definition) is 4. The van der Waals surface area contributed by atoms with Gasteiger partial charge in [-0.2, -0.15) is 0 Å². The van der Waals surface area contributed by atoms with Crippen LogP contribution < -0.4 is 5.32 Å². The van der Waals surface area contributed by atoms with Crippen molar-refractivity contribution in [2.24, 2.45) is 5.92 Å². The van der Waals surface area contributed by atoms with E-state index >= 15 is 0 Å². The van der Waals surface area contributed by atoms with E-state index in [2.05, 4.69) is 52.6 Å². The van der Waals surface area contributed by atoms with Gasteiger partial charge in [-0.25, -0.2) is 0 Å². The van der Waals surface area contributed by atoms with Gasteiger partial charge in [0.25, 0.3) is 0 Å². The fraction of sp³-hybridized carbons (Fsp3) is 0.375. The van der Waals surface area contributed by atoms with Gasteiger partial charge in [0.1, 0.15) is 5.69 Å².